The molecule has 1 rings (SSSR count). The second-order valence-electron chi connectivity index (χ2n) is 3.42. The van der Waals surface area contributed by atoms with Gasteiger partial charge in [0.15, 0.2) is 0 Å². The lowest BCUT2D eigenvalue weighted by molar-refractivity contribution is -0.112. The van der Waals surface area contributed by atoms with Crippen LogP contribution in [0.2, 0.25) is 0 Å². The van der Waals surface area contributed by atoms with Crippen LogP contribution < -0.4 is 10.1 Å². The summed E-state index contributed by atoms with van der Waals surface area (Å²) in [5.41, 5.74) is 2.22. The molecule has 15 heavy (non-hydrogen) atoms. The van der Waals surface area contributed by atoms with E-state index in [2.05, 4.69) is 11.9 Å². The van der Waals surface area contributed by atoms with Gasteiger partial charge < -0.3 is 10.1 Å². The number of hydrogen-bond acceptors (Lipinski definition) is 2. The quantitative estimate of drug-likeness (QED) is 0.770. The number of nitrogens with one attached hydrogen (secondary N) is 1. The fourth-order valence-corrected chi connectivity index (χ4v) is 1.19. The fourth-order valence-electron chi connectivity index (χ4n) is 1.19. The van der Waals surface area contributed by atoms with Gasteiger partial charge in [0.25, 0.3) is 5.91 Å². The van der Waals surface area contributed by atoms with Gasteiger partial charge in [0, 0.05) is 11.3 Å². The molecule has 3 heteroatoms. The van der Waals surface area contributed by atoms with Crippen molar-refractivity contribution in [2.75, 3.05) is 12.4 Å². The molecule has 1 aromatic carbocycles. The van der Waals surface area contributed by atoms with Crippen LogP contribution in [0.4, 0.5) is 5.69 Å². The number of anilines is 1. The highest BCUT2D eigenvalue weighted by Gasteiger charge is 2.04. The van der Waals surface area contributed by atoms with E-state index < -0.39 is 0 Å². The van der Waals surface area contributed by atoms with E-state index in [1.54, 1.807) is 20.1 Å². The van der Waals surface area contributed by atoms with Gasteiger partial charge in [-0.25, -0.2) is 0 Å². The van der Waals surface area contributed by atoms with Gasteiger partial charge in [0.05, 0.1) is 7.11 Å². The minimum absolute atomic E-state index is 0.167. The average molecular weight is 205 g/mol. The maximum atomic E-state index is 11.3. The molecule has 0 radical (unpaired) electrons. The Kier molecular flexibility index (Phi) is 3.50. The summed E-state index contributed by atoms with van der Waals surface area (Å²) in [5.74, 6) is 0.642. The van der Waals surface area contributed by atoms with Crippen molar-refractivity contribution >= 4 is 11.6 Å². The predicted octanol–water partition coefficient (Wildman–Crippen LogP) is 2.52. The zero-order valence-electron chi connectivity index (χ0n) is 9.26. The van der Waals surface area contributed by atoms with Crippen molar-refractivity contribution in [3.05, 3.63) is 35.9 Å². The summed E-state index contributed by atoms with van der Waals surface area (Å²) in [6.07, 6.45) is 0. The normalized spacial score (nSPS) is 9.53. The molecule has 0 unspecified atom stereocenters. The van der Waals surface area contributed by atoms with Crippen molar-refractivity contribution in [2.45, 2.75) is 13.8 Å². The first-order chi connectivity index (χ1) is 7.04. The van der Waals surface area contributed by atoms with Gasteiger partial charge in [-0.1, -0.05) is 6.58 Å². The number of ether oxygens (including phenoxy) is 1. The Labute approximate surface area is 89.8 Å². The molecule has 0 heterocycles. The van der Waals surface area contributed by atoms with E-state index in [0.29, 0.717) is 5.57 Å². The molecule has 0 aliphatic carbocycles. The summed E-state index contributed by atoms with van der Waals surface area (Å²) in [6, 6.07) is 5.48. The summed E-state index contributed by atoms with van der Waals surface area (Å²) in [5, 5.41) is 2.74. The molecule has 1 amide bonds. The summed E-state index contributed by atoms with van der Waals surface area (Å²) >= 11 is 0. The third-order valence-electron chi connectivity index (χ3n) is 2.04. The molecule has 1 N–H and O–H groups in total. The van der Waals surface area contributed by atoms with Gasteiger partial charge in [-0.2, -0.15) is 0 Å². The van der Waals surface area contributed by atoms with Crippen molar-refractivity contribution in [3.63, 3.8) is 0 Å². The maximum absolute atomic E-state index is 11.3. The topological polar surface area (TPSA) is 38.3 Å². The predicted molar refractivity (Wildman–Crippen MR) is 61.2 cm³/mol. The Morgan fingerprint density at radius 3 is 2.60 bits per heavy atom. The Morgan fingerprint density at radius 1 is 1.47 bits per heavy atom. The second-order valence-corrected chi connectivity index (χ2v) is 3.42. The zero-order chi connectivity index (χ0) is 11.4. The van der Waals surface area contributed by atoms with E-state index in [-0.39, 0.29) is 5.91 Å². The highest BCUT2D eigenvalue weighted by atomic mass is 16.5. The van der Waals surface area contributed by atoms with Crippen molar-refractivity contribution in [2.24, 2.45) is 0 Å². The molecule has 0 bridgehead atoms. The van der Waals surface area contributed by atoms with E-state index in [0.717, 1.165) is 17.0 Å². The van der Waals surface area contributed by atoms with E-state index in [4.69, 9.17) is 4.74 Å². The number of carbonyl (C=O) groups excluding carboxylic acids is 1. The Bertz CT molecular complexity index is 397. The molecule has 0 saturated heterocycles. The van der Waals surface area contributed by atoms with Gasteiger partial charge in [0.1, 0.15) is 5.75 Å². The molecule has 0 spiro atoms. The van der Waals surface area contributed by atoms with E-state index in [1.807, 2.05) is 19.1 Å². The number of hydrogen-bond donors (Lipinski definition) is 1. The third kappa shape index (κ3) is 2.84. The number of rotatable bonds is 3. The van der Waals surface area contributed by atoms with Gasteiger partial charge in [0.2, 0.25) is 0 Å². The summed E-state index contributed by atoms with van der Waals surface area (Å²) < 4.78 is 5.12. The van der Waals surface area contributed by atoms with Crippen LogP contribution in [0.3, 0.4) is 0 Å². The largest absolute Gasteiger partial charge is 0.496 e. The van der Waals surface area contributed by atoms with Crippen LogP contribution in [-0.2, 0) is 4.79 Å². The van der Waals surface area contributed by atoms with Crippen LogP contribution in [-0.4, -0.2) is 13.0 Å². The van der Waals surface area contributed by atoms with Crippen LogP contribution >= 0.6 is 0 Å². The van der Waals surface area contributed by atoms with E-state index >= 15 is 0 Å². The minimum atomic E-state index is -0.167. The van der Waals surface area contributed by atoms with Crippen molar-refractivity contribution in [3.8, 4) is 5.75 Å². The lowest BCUT2D eigenvalue weighted by atomic mass is 10.2. The van der Waals surface area contributed by atoms with E-state index in [9.17, 15) is 4.79 Å². The van der Waals surface area contributed by atoms with Gasteiger partial charge in [-0.05, 0) is 37.6 Å². The molecular weight excluding hydrogens is 190 g/mol. The summed E-state index contributed by atoms with van der Waals surface area (Å²) in [4.78, 5) is 11.3. The van der Waals surface area contributed by atoms with Gasteiger partial charge >= 0.3 is 0 Å². The molecule has 80 valence electrons. The Balaban J connectivity index is 2.84. The second kappa shape index (κ2) is 4.64. The maximum Gasteiger partial charge on any atom is 0.250 e. The van der Waals surface area contributed by atoms with Crippen LogP contribution in [0.25, 0.3) is 0 Å². The minimum Gasteiger partial charge on any atom is -0.496 e. The highest BCUT2D eigenvalue weighted by molar-refractivity contribution is 6.02. The summed E-state index contributed by atoms with van der Waals surface area (Å²) in [7, 11) is 1.62. The third-order valence-corrected chi connectivity index (χ3v) is 2.04. The zero-order valence-corrected chi connectivity index (χ0v) is 9.26. The number of benzene rings is 1. The van der Waals surface area contributed by atoms with Crippen molar-refractivity contribution in [1.29, 1.82) is 0 Å². The molecule has 0 atom stereocenters. The number of aryl methyl sites for hydroxylation is 1. The lowest BCUT2D eigenvalue weighted by Gasteiger charge is -2.08. The summed E-state index contributed by atoms with van der Waals surface area (Å²) in [6.45, 7) is 7.17. The fraction of sp³-hybridized carbons (Fsp3) is 0.250. The van der Waals surface area contributed by atoms with Crippen molar-refractivity contribution in [1.82, 2.24) is 0 Å². The van der Waals surface area contributed by atoms with Crippen LogP contribution in [0.1, 0.15) is 12.5 Å². The molecular formula is C12H15NO2. The average Bonchev–Trinajstić information content (AvgIpc) is 2.18. The number of amides is 1. The number of methoxy groups -OCH3 is 1. The first kappa shape index (κ1) is 11.3. The molecule has 0 saturated carbocycles. The monoisotopic (exact) mass is 205 g/mol. The first-order valence-corrected chi connectivity index (χ1v) is 4.66. The Morgan fingerprint density at radius 2 is 2.13 bits per heavy atom. The van der Waals surface area contributed by atoms with E-state index in [1.165, 1.54) is 0 Å². The van der Waals surface area contributed by atoms with Gasteiger partial charge in [-0.3, -0.25) is 4.79 Å². The number of carbonyl (C=O) groups is 1. The standard InChI is InChI=1S/C12H15NO2/c1-8(2)12(14)13-10-5-6-11(15-4)9(3)7-10/h5-7H,1H2,2-4H3,(H,13,14). The molecule has 3 nitrogen and oxygen atoms in total. The lowest BCUT2D eigenvalue weighted by Crippen LogP contribution is -2.11. The molecule has 0 aromatic heterocycles. The highest BCUT2D eigenvalue weighted by Crippen LogP contribution is 2.21. The smallest absolute Gasteiger partial charge is 0.250 e. The molecule has 0 aliphatic heterocycles. The van der Waals surface area contributed by atoms with Crippen LogP contribution in [0.5, 0.6) is 5.75 Å². The molecule has 0 fully saturated rings. The van der Waals surface area contributed by atoms with Gasteiger partial charge in [-0.15, -0.1) is 0 Å². The molecule has 1 aromatic rings. The SMILES string of the molecule is C=C(C)C(=O)Nc1ccc(OC)c(C)c1. The Hall–Kier alpha value is -1.77. The van der Waals surface area contributed by atoms with Crippen LogP contribution in [0.15, 0.2) is 30.4 Å². The first-order valence-electron chi connectivity index (χ1n) is 4.66. The molecule has 0 aliphatic rings. The van der Waals surface area contributed by atoms with Crippen LogP contribution in [0, 0.1) is 6.92 Å². The van der Waals surface area contributed by atoms with Crippen molar-refractivity contribution < 1.29 is 9.53 Å².